The van der Waals surface area contributed by atoms with Crippen LogP contribution in [-0.2, 0) is 0 Å². The summed E-state index contributed by atoms with van der Waals surface area (Å²) in [4.78, 5) is 12.2. The zero-order valence-corrected chi connectivity index (χ0v) is 11.3. The third-order valence-corrected chi connectivity index (χ3v) is 2.61. The van der Waals surface area contributed by atoms with Gasteiger partial charge >= 0.3 is 0 Å². The molecule has 6 nitrogen and oxygen atoms in total. The Morgan fingerprint density at radius 1 is 1.47 bits per heavy atom. The minimum Gasteiger partial charge on any atom is -0.493 e. The first-order valence-corrected chi connectivity index (χ1v) is 5.94. The first kappa shape index (κ1) is 14.8. The lowest BCUT2D eigenvalue weighted by molar-refractivity contribution is 0.0927. The van der Waals surface area contributed by atoms with E-state index in [4.69, 9.17) is 15.7 Å². The fraction of sp³-hybridized carbons (Fsp3) is 0.385. The molecule has 0 saturated heterocycles. The minimum atomic E-state index is -0.953. The summed E-state index contributed by atoms with van der Waals surface area (Å²) in [7, 11) is 0. The number of oxime groups is 1. The van der Waals surface area contributed by atoms with Gasteiger partial charge in [-0.05, 0) is 32.9 Å². The molecule has 19 heavy (non-hydrogen) atoms. The van der Waals surface area contributed by atoms with Crippen molar-refractivity contribution in [2.75, 3.05) is 6.61 Å². The number of carbonyl (C=O) groups excluding carboxylic acids is 1. The Balaban J connectivity index is 2.96. The van der Waals surface area contributed by atoms with Gasteiger partial charge in [0.25, 0.3) is 5.91 Å². The second kappa shape index (κ2) is 6.08. The van der Waals surface area contributed by atoms with Crippen LogP contribution < -0.4 is 15.8 Å². The summed E-state index contributed by atoms with van der Waals surface area (Å²) in [6.07, 6.45) is 0. The molecule has 6 heteroatoms. The van der Waals surface area contributed by atoms with E-state index >= 15 is 0 Å². The second-order valence-corrected chi connectivity index (χ2v) is 4.49. The number of amidine groups is 1. The van der Waals surface area contributed by atoms with Gasteiger partial charge < -0.3 is 21.0 Å². The maximum Gasteiger partial charge on any atom is 0.255 e. The lowest BCUT2D eigenvalue weighted by Gasteiger charge is -2.25. The van der Waals surface area contributed by atoms with Gasteiger partial charge in [-0.1, -0.05) is 17.3 Å². The van der Waals surface area contributed by atoms with Gasteiger partial charge in [-0.15, -0.1) is 0 Å². The zero-order valence-electron chi connectivity index (χ0n) is 11.3. The predicted octanol–water partition coefficient (Wildman–Crippen LogP) is 1.34. The van der Waals surface area contributed by atoms with E-state index in [0.717, 1.165) is 0 Å². The van der Waals surface area contributed by atoms with E-state index in [1.807, 2.05) is 6.92 Å². The highest BCUT2D eigenvalue weighted by molar-refractivity contribution is 6.01. The summed E-state index contributed by atoms with van der Waals surface area (Å²) < 4.78 is 5.39. The van der Waals surface area contributed by atoms with Crippen molar-refractivity contribution in [1.82, 2.24) is 5.32 Å². The Kier molecular flexibility index (Phi) is 4.74. The Labute approximate surface area is 112 Å². The van der Waals surface area contributed by atoms with Crippen LogP contribution in [0.5, 0.6) is 5.75 Å². The Morgan fingerprint density at radius 3 is 2.68 bits per heavy atom. The quantitative estimate of drug-likeness (QED) is 0.324. The number of nitrogens with two attached hydrogens (primary N) is 1. The average Bonchev–Trinajstić information content (AvgIpc) is 2.38. The first-order valence-electron chi connectivity index (χ1n) is 5.94. The fourth-order valence-corrected chi connectivity index (χ4v) is 1.48. The monoisotopic (exact) mass is 265 g/mol. The molecule has 0 aliphatic carbocycles. The largest absolute Gasteiger partial charge is 0.493 e. The topological polar surface area (TPSA) is 96.9 Å². The number of carbonyl (C=O) groups is 1. The predicted molar refractivity (Wildman–Crippen MR) is 72.6 cm³/mol. The van der Waals surface area contributed by atoms with E-state index in [0.29, 0.717) is 17.9 Å². The van der Waals surface area contributed by atoms with Gasteiger partial charge in [-0.25, -0.2) is 0 Å². The number of amides is 1. The Hall–Kier alpha value is -2.24. The molecule has 0 fully saturated rings. The van der Waals surface area contributed by atoms with Crippen LogP contribution >= 0.6 is 0 Å². The molecular formula is C13H19N3O3. The highest BCUT2D eigenvalue weighted by Crippen LogP contribution is 2.18. The van der Waals surface area contributed by atoms with E-state index in [9.17, 15) is 4.79 Å². The molecule has 104 valence electrons. The van der Waals surface area contributed by atoms with Crippen molar-refractivity contribution in [3.63, 3.8) is 0 Å². The lowest BCUT2D eigenvalue weighted by Crippen LogP contribution is -2.53. The van der Waals surface area contributed by atoms with Gasteiger partial charge in [0.15, 0.2) is 5.84 Å². The number of ether oxygens (including phenoxy) is 1. The fourth-order valence-electron chi connectivity index (χ4n) is 1.48. The van der Waals surface area contributed by atoms with Crippen LogP contribution in [0.15, 0.2) is 29.4 Å². The number of para-hydroxylation sites is 1. The SMILES string of the molecule is CCOc1ccccc1C(=O)NC(C)(C)/C(N)=N/O. The number of benzene rings is 1. The van der Waals surface area contributed by atoms with Gasteiger partial charge in [-0.3, -0.25) is 4.79 Å². The molecule has 1 aromatic rings. The van der Waals surface area contributed by atoms with Crippen molar-refractivity contribution in [3.05, 3.63) is 29.8 Å². The highest BCUT2D eigenvalue weighted by atomic mass is 16.5. The van der Waals surface area contributed by atoms with Crippen LogP contribution in [0.1, 0.15) is 31.1 Å². The molecule has 4 N–H and O–H groups in total. The summed E-state index contributed by atoms with van der Waals surface area (Å²) in [5.74, 6) is 0.0770. The maximum absolute atomic E-state index is 12.2. The molecule has 0 unspecified atom stereocenters. The van der Waals surface area contributed by atoms with E-state index < -0.39 is 5.54 Å². The van der Waals surface area contributed by atoms with Gasteiger partial charge in [0.2, 0.25) is 0 Å². The molecule has 0 radical (unpaired) electrons. The van der Waals surface area contributed by atoms with Crippen molar-refractivity contribution >= 4 is 11.7 Å². The summed E-state index contributed by atoms with van der Waals surface area (Å²) in [5.41, 5.74) is 4.98. The number of hydrogen-bond acceptors (Lipinski definition) is 4. The molecule has 0 aliphatic rings. The molecule has 0 heterocycles. The standard InChI is InChI=1S/C13H19N3O3/c1-4-19-10-8-6-5-7-9(10)11(17)15-13(2,3)12(14)16-18/h5-8,18H,4H2,1-3H3,(H2,14,16)(H,15,17). The molecule has 0 aliphatic heterocycles. The third kappa shape index (κ3) is 3.61. The maximum atomic E-state index is 12.2. The second-order valence-electron chi connectivity index (χ2n) is 4.49. The van der Waals surface area contributed by atoms with E-state index in [1.165, 1.54) is 0 Å². The summed E-state index contributed by atoms with van der Waals surface area (Å²) in [6.45, 7) is 5.59. The lowest BCUT2D eigenvalue weighted by atomic mass is 10.0. The van der Waals surface area contributed by atoms with Crippen molar-refractivity contribution < 1.29 is 14.7 Å². The Morgan fingerprint density at radius 2 is 2.11 bits per heavy atom. The number of nitrogens with zero attached hydrogens (tertiary/aromatic N) is 1. The molecule has 0 aromatic heterocycles. The molecule has 0 atom stereocenters. The summed E-state index contributed by atoms with van der Waals surface area (Å²) in [5, 5.41) is 14.3. The average molecular weight is 265 g/mol. The molecule has 1 amide bonds. The number of nitrogens with one attached hydrogen (secondary N) is 1. The van der Waals surface area contributed by atoms with E-state index in [-0.39, 0.29) is 11.7 Å². The number of rotatable bonds is 5. The molecule has 0 saturated carbocycles. The van der Waals surface area contributed by atoms with Gasteiger partial charge in [0, 0.05) is 0 Å². The molecule has 1 aromatic carbocycles. The number of hydrogen-bond donors (Lipinski definition) is 3. The normalized spacial score (nSPS) is 12.1. The molecule has 0 bridgehead atoms. The van der Waals surface area contributed by atoms with Crippen LogP contribution in [0.4, 0.5) is 0 Å². The van der Waals surface area contributed by atoms with Crippen LogP contribution in [0, 0.1) is 0 Å². The van der Waals surface area contributed by atoms with Gasteiger partial charge in [-0.2, -0.15) is 0 Å². The van der Waals surface area contributed by atoms with Crippen LogP contribution in [0.3, 0.4) is 0 Å². The summed E-state index contributed by atoms with van der Waals surface area (Å²) >= 11 is 0. The van der Waals surface area contributed by atoms with Crippen molar-refractivity contribution in [2.24, 2.45) is 10.9 Å². The van der Waals surface area contributed by atoms with Crippen molar-refractivity contribution in [1.29, 1.82) is 0 Å². The Bertz CT molecular complexity index is 484. The highest BCUT2D eigenvalue weighted by Gasteiger charge is 2.27. The zero-order chi connectivity index (χ0) is 14.5. The smallest absolute Gasteiger partial charge is 0.255 e. The molecule has 1 rings (SSSR count). The van der Waals surface area contributed by atoms with Gasteiger partial charge in [0.05, 0.1) is 17.7 Å². The summed E-state index contributed by atoms with van der Waals surface area (Å²) in [6, 6.07) is 6.90. The van der Waals surface area contributed by atoms with Crippen LogP contribution in [-0.4, -0.2) is 29.1 Å². The molecular weight excluding hydrogens is 246 g/mol. The van der Waals surface area contributed by atoms with Gasteiger partial charge in [0.1, 0.15) is 5.75 Å². The van der Waals surface area contributed by atoms with Crippen molar-refractivity contribution in [2.45, 2.75) is 26.3 Å². The van der Waals surface area contributed by atoms with E-state index in [1.54, 1.807) is 38.1 Å². The van der Waals surface area contributed by atoms with Crippen LogP contribution in [0.25, 0.3) is 0 Å². The van der Waals surface area contributed by atoms with Crippen molar-refractivity contribution in [3.8, 4) is 5.75 Å². The van der Waals surface area contributed by atoms with E-state index in [2.05, 4.69) is 10.5 Å². The molecule has 0 spiro atoms. The first-order chi connectivity index (χ1) is 8.92. The van der Waals surface area contributed by atoms with Crippen LogP contribution in [0.2, 0.25) is 0 Å². The minimum absolute atomic E-state index is 0.0743. The third-order valence-electron chi connectivity index (χ3n) is 2.61.